The maximum Gasteiger partial charge on any atom is 0.258 e. The first-order chi connectivity index (χ1) is 12.6. The predicted molar refractivity (Wildman–Crippen MR) is 99.7 cm³/mol. The van der Waals surface area contributed by atoms with E-state index >= 15 is 0 Å². The number of rotatable bonds is 4. The molecule has 3 heterocycles. The number of thioether (sulfide) groups is 1. The van der Waals surface area contributed by atoms with Crippen LogP contribution in [0.25, 0.3) is 11.3 Å². The third-order valence-corrected chi connectivity index (χ3v) is 4.88. The second kappa shape index (κ2) is 6.72. The lowest BCUT2D eigenvalue weighted by atomic mass is 10.2. The van der Waals surface area contributed by atoms with Crippen LogP contribution >= 0.6 is 11.8 Å². The summed E-state index contributed by atoms with van der Waals surface area (Å²) in [5, 5.41) is 12.6. The van der Waals surface area contributed by atoms with Crippen molar-refractivity contribution >= 4 is 17.4 Å². The van der Waals surface area contributed by atoms with Crippen LogP contribution in [0, 0.1) is 13.8 Å². The Kier molecular flexibility index (Phi) is 4.26. The molecule has 0 bridgehead atoms. The Morgan fingerprint density at radius 2 is 1.81 bits per heavy atom. The highest BCUT2D eigenvalue weighted by atomic mass is 32.2. The molecule has 3 aromatic heterocycles. The molecule has 0 N–H and O–H groups in total. The zero-order valence-electron chi connectivity index (χ0n) is 14.3. The molecule has 0 fully saturated rings. The SMILES string of the molecule is Cc1ccc(-n2nnnc2SCc2cc(=O)n3cc(C)ccc3n2)cc1. The van der Waals surface area contributed by atoms with Gasteiger partial charge in [0, 0.05) is 18.0 Å². The van der Waals surface area contributed by atoms with Crippen molar-refractivity contribution in [2.45, 2.75) is 24.8 Å². The van der Waals surface area contributed by atoms with Gasteiger partial charge in [0.1, 0.15) is 5.65 Å². The van der Waals surface area contributed by atoms with Crippen molar-refractivity contribution in [1.82, 2.24) is 29.6 Å². The van der Waals surface area contributed by atoms with Gasteiger partial charge in [0.2, 0.25) is 5.16 Å². The molecule has 7 nitrogen and oxygen atoms in total. The average molecular weight is 364 g/mol. The minimum Gasteiger partial charge on any atom is -0.269 e. The Morgan fingerprint density at radius 3 is 2.62 bits per heavy atom. The number of tetrazole rings is 1. The molecule has 0 radical (unpaired) electrons. The molecule has 0 spiro atoms. The van der Waals surface area contributed by atoms with Gasteiger partial charge in [-0.3, -0.25) is 9.20 Å². The van der Waals surface area contributed by atoms with E-state index in [1.54, 1.807) is 21.3 Å². The van der Waals surface area contributed by atoms with Gasteiger partial charge in [-0.25, -0.2) is 4.98 Å². The summed E-state index contributed by atoms with van der Waals surface area (Å²) in [6, 6.07) is 13.3. The molecule has 0 atom stereocenters. The van der Waals surface area contributed by atoms with Crippen LogP contribution in [0.1, 0.15) is 16.8 Å². The van der Waals surface area contributed by atoms with Gasteiger partial charge in [-0.1, -0.05) is 35.5 Å². The van der Waals surface area contributed by atoms with Crippen LogP contribution in [0.5, 0.6) is 0 Å². The highest BCUT2D eigenvalue weighted by molar-refractivity contribution is 7.98. The van der Waals surface area contributed by atoms with Crippen molar-refractivity contribution in [2.24, 2.45) is 0 Å². The Bertz CT molecular complexity index is 1130. The topological polar surface area (TPSA) is 78.0 Å². The molecule has 0 aliphatic heterocycles. The van der Waals surface area contributed by atoms with Gasteiger partial charge in [-0.05, 0) is 48.0 Å². The zero-order valence-corrected chi connectivity index (χ0v) is 15.1. The quantitative estimate of drug-likeness (QED) is 0.518. The highest BCUT2D eigenvalue weighted by Gasteiger charge is 2.11. The van der Waals surface area contributed by atoms with Crippen LogP contribution in [0.4, 0.5) is 0 Å². The van der Waals surface area contributed by atoms with Crippen molar-refractivity contribution in [2.75, 3.05) is 0 Å². The molecule has 1 aromatic carbocycles. The number of fused-ring (bicyclic) bond motifs is 1. The smallest absolute Gasteiger partial charge is 0.258 e. The maximum absolute atomic E-state index is 12.3. The van der Waals surface area contributed by atoms with E-state index in [0.717, 1.165) is 11.3 Å². The van der Waals surface area contributed by atoms with Crippen molar-refractivity contribution in [3.63, 3.8) is 0 Å². The van der Waals surface area contributed by atoms with E-state index in [-0.39, 0.29) is 5.56 Å². The fourth-order valence-corrected chi connectivity index (χ4v) is 3.37. The van der Waals surface area contributed by atoms with E-state index in [1.807, 2.05) is 50.2 Å². The summed E-state index contributed by atoms with van der Waals surface area (Å²) in [6.07, 6.45) is 1.79. The second-order valence-electron chi connectivity index (χ2n) is 6.02. The molecule has 0 aliphatic carbocycles. The lowest BCUT2D eigenvalue weighted by molar-refractivity contribution is 0.756. The molecule has 130 valence electrons. The molecular weight excluding hydrogens is 348 g/mol. The van der Waals surface area contributed by atoms with Crippen LogP contribution in [0.15, 0.2) is 58.6 Å². The van der Waals surface area contributed by atoms with Gasteiger partial charge in [0.05, 0.1) is 11.4 Å². The Hall–Kier alpha value is -3.00. The van der Waals surface area contributed by atoms with E-state index in [2.05, 4.69) is 20.5 Å². The lowest BCUT2D eigenvalue weighted by Gasteiger charge is -2.06. The Balaban J connectivity index is 1.60. The van der Waals surface area contributed by atoms with Crippen molar-refractivity contribution in [3.05, 3.63) is 75.8 Å². The fraction of sp³-hybridized carbons (Fsp3) is 0.167. The van der Waals surface area contributed by atoms with E-state index in [1.165, 1.54) is 17.3 Å². The summed E-state index contributed by atoms with van der Waals surface area (Å²) in [4.78, 5) is 16.9. The van der Waals surface area contributed by atoms with Gasteiger partial charge in [-0.15, -0.1) is 5.10 Å². The lowest BCUT2D eigenvalue weighted by Crippen LogP contribution is -2.15. The van der Waals surface area contributed by atoms with Crippen LogP contribution in [-0.2, 0) is 5.75 Å². The van der Waals surface area contributed by atoms with Crippen molar-refractivity contribution < 1.29 is 0 Å². The number of hydrogen-bond donors (Lipinski definition) is 0. The third-order valence-electron chi connectivity index (χ3n) is 3.93. The minimum absolute atomic E-state index is 0.0903. The Morgan fingerprint density at radius 1 is 1.04 bits per heavy atom. The molecule has 0 amide bonds. The molecule has 0 saturated carbocycles. The van der Waals surface area contributed by atoms with Crippen LogP contribution < -0.4 is 5.56 Å². The van der Waals surface area contributed by atoms with E-state index < -0.39 is 0 Å². The van der Waals surface area contributed by atoms with Crippen molar-refractivity contribution in [1.29, 1.82) is 0 Å². The number of benzene rings is 1. The fourth-order valence-electron chi connectivity index (χ4n) is 2.59. The maximum atomic E-state index is 12.3. The van der Waals surface area contributed by atoms with E-state index in [4.69, 9.17) is 0 Å². The predicted octanol–water partition coefficient (Wildman–Crippen LogP) is 2.58. The summed E-state index contributed by atoms with van der Waals surface area (Å²) in [5.41, 5.74) is 4.32. The van der Waals surface area contributed by atoms with Crippen molar-refractivity contribution in [3.8, 4) is 5.69 Å². The summed E-state index contributed by atoms with van der Waals surface area (Å²) < 4.78 is 3.24. The van der Waals surface area contributed by atoms with E-state index in [0.29, 0.717) is 22.3 Å². The van der Waals surface area contributed by atoms with Crippen LogP contribution in [-0.4, -0.2) is 29.6 Å². The van der Waals surface area contributed by atoms with Crippen LogP contribution in [0.3, 0.4) is 0 Å². The molecule has 26 heavy (non-hydrogen) atoms. The number of aromatic nitrogens is 6. The standard InChI is InChI=1S/C18H16N6OS/c1-12-3-6-15(7-4-12)24-18(20-21-22-24)26-11-14-9-17(25)23-10-13(2)5-8-16(23)19-14/h3-10H,11H2,1-2H3. The van der Waals surface area contributed by atoms with Crippen LogP contribution in [0.2, 0.25) is 0 Å². The average Bonchev–Trinajstić information content (AvgIpc) is 3.10. The second-order valence-corrected chi connectivity index (χ2v) is 6.96. The van der Waals surface area contributed by atoms with Gasteiger partial charge < -0.3 is 0 Å². The minimum atomic E-state index is -0.0903. The molecule has 0 unspecified atom stereocenters. The number of hydrogen-bond acceptors (Lipinski definition) is 6. The number of pyridine rings is 1. The monoisotopic (exact) mass is 364 g/mol. The first-order valence-corrected chi connectivity index (χ1v) is 9.06. The molecule has 4 rings (SSSR count). The normalized spacial score (nSPS) is 11.2. The summed E-state index contributed by atoms with van der Waals surface area (Å²) >= 11 is 1.44. The molecule has 8 heteroatoms. The Labute approximate surface area is 153 Å². The molecular formula is C18H16N6OS. The first-order valence-electron chi connectivity index (χ1n) is 8.07. The van der Waals surface area contributed by atoms with E-state index in [9.17, 15) is 4.79 Å². The highest BCUT2D eigenvalue weighted by Crippen LogP contribution is 2.21. The third kappa shape index (κ3) is 3.23. The largest absolute Gasteiger partial charge is 0.269 e. The molecule has 0 aliphatic rings. The summed E-state index contributed by atoms with van der Waals surface area (Å²) in [6.45, 7) is 3.98. The first kappa shape index (κ1) is 16.5. The number of nitrogens with zero attached hydrogens (tertiary/aromatic N) is 6. The molecule has 4 aromatic rings. The number of aryl methyl sites for hydroxylation is 2. The zero-order chi connectivity index (χ0) is 18.1. The van der Waals surface area contributed by atoms with Gasteiger partial charge >= 0.3 is 0 Å². The van der Waals surface area contributed by atoms with Gasteiger partial charge in [0.15, 0.2) is 0 Å². The molecule has 0 saturated heterocycles. The van der Waals surface area contributed by atoms with Gasteiger partial charge in [-0.2, -0.15) is 4.68 Å². The summed E-state index contributed by atoms with van der Waals surface area (Å²) in [7, 11) is 0. The van der Waals surface area contributed by atoms with Gasteiger partial charge in [0.25, 0.3) is 5.56 Å². The summed E-state index contributed by atoms with van der Waals surface area (Å²) in [5.74, 6) is 0.506.